The van der Waals surface area contributed by atoms with Crippen LogP contribution < -0.4 is 16.0 Å². The Bertz CT molecular complexity index is 534. The van der Waals surface area contributed by atoms with Crippen LogP contribution in [-0.4, -0.2) is 36.3 Å². The number of hydrogen-bond acceptors (Lipinski definition) is 6. The van der Waals surface area contributed by atoms with E-state index in [1.807, 2.05) is 6.92 Å². The molecule has 1 aromatic heterocycles. The second-order valence-corrected chi connectivity index (χ2v) is 7.30. The molecule has 1 aliphatic rings. The average molecular weight is 302 g/mol. The molecule has 2 unspecified atom stereocenters. The minimum absolute atomic E-state index is 0.221. The molecule has 20 heavy (non-hydrogen) atoms. The van der Waals surface area contributed by atoms with Gasteiger partial charge in [0.1, 0.15) is 0 Å². The summed E-state index contributed by atoms with van der Waals surface area (Å²) in [5, 5.41) is 3.69. The minimum Gasteiger partial charge on any atom is -0.493 e. The number of rotatable bonds is 5. The highest BCUT2D eigenvalue weighted by atomic mass is 32.2. The van der Waals surface area contributed by atoms with Crippen LogP contribution in [-0.2, 0) is 16.4 Å². The number of nitrogens with zero attached hydrogens (tertiary/aromatic N) is 2. The number of aromatic nitrogens is 2. The van der Waals surface area contributed by atoms with Gasteiger partial charge in [-0.05, 0) is 19.8 Å². The number of aryl methyl sites for hydroxylation is 1. The Kier molecular flexibility index (Phi) is 4.66. The summed E-state index contributed by atoms with van der Waals surface area (Å²) >= 11 is 0. The zero-order valence-electron chi connectivity index (χ0n) is 11.9. The number of hydrazine groups is 1. The van der Waals surface area contributed by atoms with Crippen molar-refractivity contribution in [2.24, 2.45) is 5.84 Å². The Morgan fingerprint density at radius 1 is 1.60 bits per heavy atom. The number of hydrogen-bond donors (Lipinski definition) is 2. The molecule has 114 valence electrons. The van der Waals surface area contributed by atoms with Gasteiger partial charge in [-0.2, -0.15) is 5.10 Å². The Morgan fingerprint density at radius 2 is 2.35 bits per heavy atom. The fourth-order valence-electron chi connectivity index (χ4n) is 2.82. The zero-order valence-corrected chi connectivity index (χ0v) is 12.7. The summed E-state index contributed by atoms with van der Waals surface area (Å²) in [4.78, 5) is 0. The smallest absolute Gasteiger partial charge is 0.161 e. The third kappa shape index (κ3) is 2.68. The normalized spacial score (nSPS) is 23.4. The second kappa shape index (κ2) is 6.11. The first kappa shape index (κ1) is 15.3. The Labute approximate surface area is 119 Å². The molecule has 1 fully saturated rings. The van der Waals surface area contributed by atoms with Crippen molar-refractivity contribution in [3.8, 4) is 5.75 Å². The van der Waals surface area contributed by atoms with Gasteiger partial charge in [-0.25, -0.2) is 13.8 Å². The summed E-state index contributed by atoms with van der Waals surface area (Å²) in [6, 6.07) is -0.502. The molecule has 1 saturated heterocycles. The van der Waals surface area contributed by atoms with Gasteiger partial charge in [-0.15, -0.1) is 0 Å². The van der Waals surface area contributed by atoms with Gasteiger partial charge in [0.2, 0.25) is 0 Å². The maximum Gasteiger partial charge on any atom is 0.161 e. The van der Waals surface area contributed by atoms with Crippen molar-refractivity contribution in [2.75, 3.05) is 12.9 Å². The van der Waals surface area contributed by atoms with Crippen molar-refractivity contribution in [3.05, 3.63) is 11.9 Å². The highest BCUT2D eigenvalue weighted by molar-refractivity contribution is 7.92. The van der Waals surface area contributed by atoms with Gasteiger partial charge in [0.05, 0.1) is 36.0 Å². The second-order valence-electron chi connectivity index (χ2n) is 4.96. The van der Waals surface area contributed by atoms with Crippen LogP contribution in [0.4, 0.5) is 0 Å². The van der Waals surface area contributed by atoms with Crippen molar-refractivity contribution in [1.82, 2.24) is 15.2 Å². The molecular formula is C12H22N4O3S. The van der Waals surface area contributed by atoms with Gasteiger partial charge in [0, 0.05) is 6.54 Å². The molecule has 8 heteroatoms. The predicted molar refractivity (Wildman–Crippen MR) is 75.9 cm³/mol. The monoisotopic (exact) mass is 302 g/mol. The van der Waals surface area contributed by atoms with Gasteiger partial charge in [-0.1, -0.05) is 6.42 Å². The lowest BCUT2D eigenvalue weighted by molar-refractivity contribution is 0.379. The van der Waals surface area contributed by atoms with Crippen LogP contribution in [0.25, 0.3) is 0 Å². The van der Waals surface area contributed by atoms with Crippen LogP contribution in [0, 0.1) is 0 Å². The maximum atomic E-state index is 12.3. The van der Waals surface area contributed by atoms with E-state index in [0.717, 1.165) is 12.8 Å². The lowest BCUT2D eigenvalue weighted by atomic mass is 10.0. The summed E-state index contributed by atoms with van der Waals surface area (Å²) in [5.74, 6) is 6.44. The summed E-state index contributed by atoms with van der Waals surface area (Å²) in [6.07, 6.45) is 3.82. The van der Waals surface area contributed by atoms with Crippen molar-refractivity contribution >= 4 is 9.84 Å². The summed E-state index contributed by atoms with van der Waals surface area (Å²) < 4.78 is 31.6. The predicted octanol–water partition coefficient (Wildman–Crippen LogP) is 0.383. The lowest BCUT2D eigenvalue weighted by Gasteiger charge is -2.30. The number of ether oxygens (including phenoxy) is 1. The molecule has 2 atom stereocenters. The van der Waals surface area contributed by atoms with Crippen molar-refractivity contribution in [2.45, 2.75) is 44.0 Å². The largest absolute Gasteiger partial charge is 0.493 e. The molecule has 0 amide bonds. The molecule has 2 rings (SSSR count). The molecule has 7 nitrogen and oxygen atoms in total. The van der Waals surface area contributed by atoms with E-state index in [1.165, 1.54) is 0 Å². The first-order valence-corrected chi connectivity index (χ1v) is 8.54. The number of methoxy groups -OCH3 is 1. The van der Waals surface area contributed by atoms with Crippen LogP contribution in [0.3, 0.4) is 0 Å². The topological polar surface area (TPSA) is 99.2 Å². The Hall–Kier alpha value is -1.12. The van der Waals surface area contributed by atoms with Gasteiger partial charge in [-0.3, -0.25) is 10.5 Å². The molecule has 0 aliphatic carbocycles. The molecule has 0 aromatic carbocycles. The van der Waals surface area contributed by atoms with Crippen LogP contribution >= 0.6 is 0 Å². The van der Waals surface area contributed by atoms with Crippen LogP contribution in [0.15, 0.2) is 6.20 Å². The molecule has 0 saturated carbocycles. The lowest BCUT2D eigenvalue weighted by Crippen LogP contribution is -2.44. The standard InChI is InChI=1S/C12H22N4O3S/c1-3-16-12(9(19-2)8-14-16)11(15-13)10-6-4-5-7-20(10,17)18/h8,10-11,15H,3-7,13H2,1-2H3. The third-order valence-electron chi connectivity index (χ3n) is 3.84. The first-order chi connectivity index (χ1) is 9.55. The van der Waals surface area contributed by atoms with Crippen LogP contribution in [0.5, 0.6) is 5.75 Å². The van der Waals surface area contributed by atoms with Crippen LogP contribution in [0.1, 0.15) is 37.9 Å². The maximum absolute atomic E-state index is 12.3. The van der Waals surface area contributed by atoms with E-state index in [4.69, 9.17) is 10.6 Å². The summed E-state index contributed by atoms with van der Waals surface area (Å²) in [6.45, 7) is 2.57. The van der Waals surface area contributed by atoms with Gasteiger partial charge in [0.25, 0.3) is 0 Å². The molecule has 0 spiro atoms. The molecule has 0 radical (unpaired) electrons. The summed E-state index contributed by atoms with van der Waals surface area (Å²) in [7, 11) is -1.60. The van der Waals surface area contributed by atoms with E-state index in [0.29, 0.717) is 24.4 Å². The Balaban J connectivity index is 2.44. The first-order valence-electron chi connectivity index (χ1n) is 6.82. The molecule has 1 aromatic rings. The quantitative estimate of drug-likeness (QED) is 0.603. The van der Waals surface area contributed by atoms with E-state index >= 15 is 0 Å². The third-order valence-corrected chi connectivity index (χ3v) is 6.13. The fraction of sp³-hybridized carbons (Fsp3) is 0.750. The number of nitrogens with two attached hydrogens (primary N) is 1. The van der Waals surface area contributed by atoms with Gasteiger partial charge >= 0.3 is 0 Å². The van der Waals surface area contributed by atoms with E-state index in [-0.39, 0.29) is 5.75 Å². The molecule has 0 bridgehead atoms. The highest BCUT2D eigenvalue weighted by Gasteiger charge is 2.38. The van der Waals surface area contributed by atoms with Gasteiger partial charge in [0.15, 0.2) is 15.6 Å². The molecule has 3 N–H and O–H groups in total. The molecular weight excluding hydrogens is 280 g/mol. The van der Waals surface area contributed by atoms with Crippen molar-refractivity contribution in [1.29, 1.82) is 0 Å². The van der Waals surface area contributed by atoms with E-state index < -0.39 is 21.1 Å². The molecule has 2 heterocycles. The fourth-order valence-corrected chi connectivity index (χ4v) is 4.87. The van der Waals surface area contributed by atoms with Crippen LogP contribution in [0.2, 0.25) is 0 Å². The van der Waals surface area contributed by atoms with E-state index in [2.05, 4.69) is 10.5 Å². The van der Waals surface area contributed by atoms with Gasteiger partial charge < -0.3 is 4.74 Å². The Morgan fingerprint density at radius 3 is 2.90 bits per heavy atom. The van der Waals surface area contributed by atoms with E-state index in [1.54, 1.807) is 18.0 Å². The number of sulfone groups is 1. The SMILES string of the molecule is CCn1ncc(OC)c1C(NN)C1CCCCS1(=O)=O. The van der Waals surface area contributed by atoms with Crippen molar-refractivity contribution < 1.29 is 13.2 Å². The minimum atomic E-state index is -3.15. The molecule has 1 aliphatic heterocycles. The highest BCUT2D eigenvalue weighted by Crippen LogP contribution is 2.34. The van der Waals surface area contributed by atoms with Crippen molar-refractivity contribution in [3.63, 3.8) is 0 Å². The summed E-state index contributed by atoms with van der Waals surface area (Å²) in [5.41, 5.74) is 3.36. The zero-order chi connectivity index (χ0) is 14.8. The number of nitrogens with one attached hydrogen (secondary N) is 1. The van der Waals surface area contributed by atoms with E-state index in [9.17, 15) is 8.42 Å². The average Bonchev–Trinajstić information content (AvgIpc) is 2.84.